The minimum atomic E-state index is -0.683. The van der Waals surface area contributed by atoms with Crippen molar-refractivity contribution in [2.75, 3.05) is 45.9 Å². The Kier molecular flexibility index (Phi) is 3.78. The summed E-state index contributed by atoms with van der Waals surface area (Å²) >= 11 is 0. The summed E-state index contributed by atoms with van der Waals surface area (Å²) in [6.07, 6.45) is 4.33. The quantitative estimate of drug-likeness (QED) is 0.811. The molecule has 0 amide bonds. The van der Waals surface area contributed by atoms with Crippen LogP contribution in [0.2, 0.25) is 0 Å². The molecule has 5 heteroatoms. The molecule has 1 saturated carbocycles. The summed E-state index contributed by atoms with van der Waals surface area (Å²) in [6, 6.07) is 0.827. The number of piperazine rings is 1. The second-order valence-corrected chi connectivity index (χ2v) is 6.28. The molecule has 0 aromatic heterocycles. The topological polar surface area (TPSA) is 53.0 Å². The lowest BCUT2D eigenvalue weighted by atomic mass is 9.82. The number of carbonyl (C=O) groups is 1. The van der Waals surface area contributed by atoms with Gasteiger partial charge in [0.15, 0.2) is 0 Å². The Morgan fingerprint density at radius 2 is 2.00 bits per heavy atom. The molecule has 0 aromatic rings. The first-order valence-electron chi connectivity index (χ1n) is 7.47. The smallest absolute Gasteiger partial charge is 0.313 e. The Morgan fingerprint density at radius 1 is 1.26 bits per heavy atom. The van der Waals surface area contributed by atoms with Gasteiger partial charge in [-0.05, 0) is 25.7 Å². The molecule has 3 fully saturated rings. The van der Waals surface area contributed by atoms with E-state index in [9.17, 15) is 9.90 Å². The average Bonchev–Trinajstić information content (AvgIpc) is 3.25. The molecule has 0 bridgehead atoms. The molecule has 108 valence electrons. The Bertz CT molecular complexity index is 330. The van der Waals surface area contributed by atoms with Crippen LogP contribution in [-0.4, -0.2) is 72.9 Å². The van der Waals surface area contributed by atoms with Crippen molar-refractivity contribution < 1.29 is 14.6 Å². The van der Waals surface area contributed by atoms with Crippen molar-refractivity contribution in [3.05, 3.63) is 0 Å². The number of hydrogen-bond donors (Lipinski definition) is 1. The molecule has 1 N–H and O–H groups in total. The predicted octanol–water partition coefficient (Wildman–Crippen LogP) is 0.648. The summed E-state index contributed by atoms with van der Waals surface area (Å²) in [5, 5.41) is 9.55. The van der Waals surface area contributed by atoms with Crippen molar-refractivity contribution in [1.29, 1.82) is 0 Å². The Morgan fingerprint density at radius 3 is 2.53 bits per heavy atom. The molecule has 2 heterocycles. The number of rotatable bonds is 4. The zero-order valence-electron chi connectivity index (χ0n) is 11.5. The van der Waals surface area contributed by atoms with Crippen LogP contribution in [0.3, 0.4) is 0 Å². The highest BCUT2D eigenvalue weighted by atomic mass is 16.5. The van der Waals surface area contributed by atoms with Gasteiger partial charge in [0.1, 0.15) is 5.41 Å². The van der Waals surface area contributed by atoms with Gasteiger partial charge in [-0.15, -0.1) is 0 Å². The molecule has 0 aromatic carbocycles. The second kappa shape index (κ2) is 5.38. The van der Waals surface area contributed by atoms with Gasteiger partial charge >= 0.3 is 5.97 Å². The van der Waals surface area contributed by atoms with E-state index in [-0.39, 0.29) is 0 Å². The molecule has 0 radical (unpaired) electrons. The van der Waals surface area contributed by atoms with Gasteiger partial charge in [0, 0.05) is 45.4 Å². The van der Waals surface area contributed by atoms with E-state index in [0.717, 1.165) is 45.1 Å². The molecule has 3 aliphatic rings. The largest absolute Gasteiger partial charge is 0.481 e. The van der Waals surface area contributed by atoms with E-state index in [1.165, 1.54) is 12.8 Å². The maximum absolute atomic E-state index is 11.6. The number of aliphatic carboxylic acids is 1. The van der Waals surface area contributed by atoms with Crippen LogP contribution < -0.4 is 0 Å². The van der Waals surface area contributed by atoms with Gasteiger partial charge < -0.3 is 9.84 Å². The summed E-state index contributed by atoms with van der Waals surface area (Å²) in [6.45, 7) is 5.95. The maximum atomic E-state index is 11.6. The molecule has 2 aliphatic heterocycles. The van der Waals surface area contributed by atoms with Crippen molar-refractivity contribution in [3.8, 4) is 0 Å². The Balaban J connectivity index is 1.55. The lowest BCUT2D eigenvalue weighted by molar-refractivity contribution is -0.159. The van der Waals surface area contributed by atoms with Gasteiger partial charge in [-0.25, -0.2) is 0 Å². The van der Waals surface area contributed by atoms with Crippen molar-refractivity contribution in [2.24, 2.45) is 5.41 Å². The van der Waals surface area contributed by atoms with Crippen LogP contribution in [0.4, 0.5) is 0 Å². The number of hydrogen-bond acceptors (Lipinski definition) is 4. The standard InChI is InChI=1S/C14H24N2O3/c17-13(18)14(4-1-9-19-11-14)10-15-5-7-16(8-6-15)12-2-3-12/h12H,1-11H2,(H,17,18). The summed E-state index contributed by atoms with van der Waals surface area (Å²) < 4.78 is 5.44. The number of carboxylic acid groups (broad SMARTS) is 1. The SMILES string of the molecule is O=C(O)C1(CN2CCN(C3CC3)CC2)CCCOC1. The highest BCUT2D eigenvalue weighted by Crippen LogP contribution is 2.32. The van der Waals surface area contributed by atoms with E-state index < -0.39 is 11.4 Å². The predicted molar refractivity (Wildman–Crippen MR) is 71.2 cm³/mol. The highest BCUT2D eigenvalue weighted by molar-refractivity contribution is 5.75. The number of ether oxygens (including phenoxy) is 1. The third-order valence-electron chi connectivity index (χ3n) is 4.77. The first-order valence-corrected chi connectivity index (χ1v) is 7.47. The molecule has 1 aliphatic carbocycles. The molecule has 19 heavy (non-hydrogen) atoms. The van der Waals surface area contributed by atoms with Gasteiger partial charge in [0.25, 0.3) is 0 Å². The van der Waals surface area contributed by atoms with Gasteiger partial charge in [-0.2, -0.15) is 0 Å². The molecule has 0 spiro atoms. The summed E-state index contributed by atoms with van der Waals surface area (Å²) in [7, 11) is 0. The highest BCUT2D eigenvalue weighted by Gasteiger charge is 2.43. The maximum Gasteiger partial charge on any atom is 0.313 e. The fourth-order valence-corrected chi connectivity index (χ4v) is 3.37. The summed E-state index contributed by atoms with van der Waals surface area (Å²) in [5.41, 5.74) is -0.667. The molecule has 3 rings (SSSR count). The molecular formula is C14H24N2O3. The van der Waals surface area contributed by atoms with Crippen molar-refractivity contribution in [1.82, 2.24) is 9.80 Å². The van der Waals surface area contributed by atoms with Crippen LogP contribution >= 0.6 is 0 Å². The fourth-order valence-electron chi connectivity index (χ4n) is 3.37. The van der Waals surface area contributed by atoms with Crippen LogP contribution in [-0.2, 0) is 9.53 Å². The lowest BCUT2D eigenvalue weighted by Crippen LogP contribution is -2.54. The van der Waals surface area contributed by atoms with E-state index in [4.69, 9.17) is 4.74 Å². The van der Waals surface area contributed by atoms with Crippen LogP contribution in [0, 0.1) is 5.41 Å². The Labute approximate surface area is 114 Å². The van der Waals surface area contributed by atoms with Crippen LogP contribution in [0.1, 0.15) is 25.7 Å². The molecule has 5 nitrogen and oxygen atoms in total. The third-order valence-corrected chi connectivity index (χ3v) is 4.77. The molecule has 1 atom stereocenters. The van der Waals surface area contributed by atoms with E-state index in [2.05, 4.69) is 9.80 Å². The van der Waals surface area contributed by atoms with Crippen molar-refractivity contribution >= 4 is 5.97 Å². The monoisotopic (exact) mass is 268 g/mol. The van der Waals surface area contributed by atoms with Crippen molar-refractivity contribution in [2.45, 2.75) is 31.7 Å². The van der Waals surface area contributed by atoms with Crippen LogP contribution in [0.25, 0.3) is 0 Å². The second-order valence-electron chi connectivity index (χ2n) is 6.28. The van der Waals surface area contributed by atoms with Gasteiger partial charge in [0.05, 0.1) is 6.61 Å². The molecule has 1 unspecified atom stereocenters. The average molecular weight is 268 g/mol. The normalized spacial score (nSPS) is 34.3. The third kappa shape index (κ3) is 2.93. The van der Waals surface area contributed by atoms with E-state index in [1.54, 1.807) is 0 Å². The van der Waals surface area contributed by atoms with Crippen LogP contribution in [0.5, 0.6) is 0 Å². The zero-order valence-corrected chi connectivity index (χ0v) is 11.5. The fraction of sp³-hybridized carbons (Fsp3) is 0.929. The number of nitrogens with zero attached hydrogens (tertiary/aromatic N) is 2. The first-order chi connectivity index (χ1) is 9.20. The van der Waals surface area contributed by atoms with E-state index >= 15 is 0 Å². The van der Waals surface area contributed by atoms with E-state index in [0.29, 0.717) is 19.8 Å². The zero-order chi connectivity index (χ0) is 13.3. The van der Waals surface area contributed by atoms with Crippen molar-refractivity contribution in [3.63, 3.8) is 0 Å². The Hall–Kier alpha value is -0.650. The van der Waals surface area contributed by atoms with Gasteiger partial charge in [0.2, 0.25) is 0 Å². The lowest BCUT2D eigenvalue weighted by Gasteiger charge is -2.41. The number of carboxylic acids is 1. The molecular weight excluding hydrogens is 244 g/mol. The van der Waals surface area contributed by atoms with Gasteiger partial charge in [-0.1, -0.05) is 0 Å². The van der Waals surface area contributed by atoms with E-state index in [1.807, 2.05) is 0 Å². The minimum Gasteiger partial charge on any atom is -0.481 e. The van der Waals surface area contributed by atoms with Crippen LogP contribution in [0.15, 0.2) is 0 Å². The first kappa shape index (κ1) is 13.3. The molecule has 2 saturated heterocycles. The summed E-state index contributed by atoms with van der Waals surface area (Å²) in [5.74, 6) is -0.683. The van der Waals surface area contributed by atoms with Gasteiger partial charge in [-0.3, -0.25) is 14.6 Å². The minimum absolute atomic E-state index is 0.380. The summed E-state index contributed by atoms with van der Waals surface area (Å²) in [4.78, 5) is 16.5.